The fraction of sp³-hybridized carbons (Fsp3) is 0.385. The molecule has 2 aromatic carbocycles. The fourth-order valence-corrected chi connectivity index (χ4v) is 5.55. The number of hydrogen-bond donors (Lipinski definition) is 0. The van der Waals surface area contributed by atoms with E-state index in [0.717, 1.165) is 23.3 Å². The average molecular weight is 402 g/mol. The zero-order chi connectivity index (χ0) is 21.2. The summed E-state index contributed by atoms with van der Waals surface area (Å²) in [6.07, 6.45) is 5.17. The molecule has 0 radical (unpaired) electrons. The number of benzene rings is 2. The predicted molar refractivity (Wildman–Crippen MR) is 117 cm³/mol. The molecule has 0 aromatic heterocycles. The molecule has 0 unspecified atom stereocenters. The third-order valence-electron chi connectivity index (χ3n) is 7.23. The number of aryl methyl sites for hydroxylation is 1. The van der Waals surface area contributed by atoms with E-state index < -0.39 is 5.41 Å². The maximum atomic E-state index is 13.3. The summed E-state index contributed by atoms with van der Waals surface area (Å²) in [5, 5.41) is 0. The number of amides is 2. The molecule has 1 heterocycles. The molecule has 2 fully saturated rings. The van der Waals surface area contributed by atoms with Crippen LogP contribution in [0.15, 0.2) is 54.6 Å². The molecular weight excluding hydrogens is 374 g/mol. The van der Waals surface area contributed by atoms with Crippen molar-refractivity contribution in [3.05, 3.63) is 65.7 Å². The molecule has 154 valence electrons. The van der Waals surface area contributed by atoms with Crippen LogP contribution in [0.5, 0.6) is 11.5 Å². The van der Waals surface area contributed by atoms with Gasteiger partial charge in [-0.1, -0.05) is 38.1 Å². The van der Waals surface area contributed by atoms with Crippen LogP contribution in [-0.4, -0.2) is 11.8 Å². The number of carbonyl (C=O) groups excluding carboxylic acids is 2. The van der Waals surface area contributed by atoms with Crippen LogP contribution >= 0.6 is 0 Å². The van der Waals surface area contributed by atoms with Gasteiger partial charge in [0.15, 0.2) is 0 Å². The van der Waals surface area contributed by atoms with Gasteiger partial charge in [0.2, 0.25) is 11.8 Å². The second-order valence-corrected chi connectivity index (χ2v) is 9.42. The van der Waals surface area contributed by atoms with Crippen molar-refractivity contribution in [1.29, 1.82) is 0 Å². The fourth-order valence-electron chi connectivity index (χ4n) is 5.55. The molecule has 2 bridgehead atoms. The number of rotatable bonds is 4. The summed E-state index contributed by atoms with van der Waals surface area (Å²) in [7, 11) is 0. The molecule has 1 saturated heterocycles. The second kappa shape index (κ2) is 6.56. The topological polar surface area (TPSA) is 46.6 Å². The van der Waals surface area contributed by atoms with Crippen molar-refractivity contribution >= 4 is 17.5 Å². The van der Waals surface area contributed by atoms with Gasteiger partial charge in [-0.2, -0.15) is 0 Å². The van der Waals surface area contributed by atoms with E-state index in [1.54, 1.807) is 0 Å². The largest absolute Gasteiger partial charge is 0.457 e. The van der Waals surface area contributed by atoms with E-state index in [-0.39, 0.29) is 29.6 Å². The van der Waals surface area contributed by atoms with Gasteiger partial charge < -0.3 is 4.74 Å². The lowest BCUT2D eigenvalue weighted by molar-refractivity contribution is -0.127. The molecule has 1 saturated carbocycles. The highest BCUT2D eigenvalue weighted by Gasteiger charge is 2.67. The Morgan fingerprint density at radius 2 is 1.80 bits per heavy atom. The molecule has 0 spiro atoms. The van der Waals surface area contributed by atoms with Gasteiger partial charge in [-0.05, 0) is 79.5 Å². The van der Waals surface area contributed by atoms with Gasteiger partial charge >= 0.3 is 0 Å². The Morgan fingerprint density at radius 3 is 2.47 bits per heavy atom. The summed E-state index contributed by atoms with van der Waals surface area (Å²) < 4.78 is 6.16. The summed E-state index contributed by atoms with van der Waals surface area (Å²) >= 11 is 0. The maximum absolute atomic E-state index is 13.3. The van der Waals surface area contributed by atoms with Crippen LogP contribution in [0, 0.1) is 30.1 Å². The first-order chi connectivity index (χ1) is 14.3. The molecule has 30 heavy (non-hydrogen) atoms. The van der Waals surface area contributed by atoms with Gasteiger partial charge in [0.05, 0.1) is 17.0 Å². The lowest BCUT2D eigenvalue weighted by atomic mass is 9.71. The number of allylic oxidation sites excluding steroid dienone is 2. The lowest BCUT2D eigenvalue weighted by Gasteiger charge is -2.28. The molecule has 4 atom stereocenters. The normalized spacial score (nSPS) is 29.2. The third-order valence-corrected chi connectivity index (χ3v) is 7.23. The lowest BCUT2D eigenvalue weighted by Crippen LogP contribution is -2.37. The maximum Gasteiger partial charge on any atom is 0.241 e. The van der Waals surface area contributed by atoms with Crippen LogP contribution in [0.1, 0.15) is 44.2 Å². The number of imide groups is 1. The molecular formula is C26H27NO3. The highest BCUT2D eigenvalue weighted by Crippen LogP contribution is 2.60. The standard InChI is InChI=1S/C26H27NO3/c1-15(2)21-12-5-16(3)13-22(21)30-20-10-8-19(9-11-20)27-24(28)23-17-6-7-18(14-17)26(23,4)25(27)29/h5-13,15,17-18,23H,14H2,1-4H3/t17-,18-,23+,26+/m0/s1. The van der Waals surface area contributed by atoms with Gasteiger partial charge in [-0.25, -0.2) is 4.90 Å². The zero-order valence-electron chi connectivity index (χ0n) is 17.9. The van der Waals surface area contributed by atoms with E-state index in [1.165, 1.54) is 4.90 Å². The van der Waals surface area contributed by atoms with Crippen molar-refractivity contribution < 1.29 is 14.3 Å². The van der Waals surface area contributed by atoms with E-state index in [9.17, 15) is 9.59 Å². The molecule has 1 aliphatic heterocycles. The van der Waals surface area contributed by atoms with Crippen molar-refractivity contribution in [1.82, 2.24) is 0 Å². The van der Waals surface area contributed by atoms with Crippen molar-refractivity contribution in [3.8, 4) is 11.5 Å². The number of carbonyl (C=O) groups is 2. The molecule has 3 aliphatic rings. The van der Waals surface area contributed by atoms with E-state index in [1.807, 2.05) is 44.2 Å². The number of hydrogen-bond acceptors (Lipinski definition) is 3. The van der Waals surface area contributed by atoms with Crippen LogP contribution < -0.4 is 9.64 Å². The highest BCUT2D eigenvalue weighted by atomic mass is 16.5. The summed E-state index contributed by atoms with van der Waals surface area (Å²) in [6.45, 7) is 8.30. The molecule has 0 N–H and O–H groups in total. The first-order valence-electron chi connectivity index (χ1n) is 10.8. The molecule has 4 heteroatoms. The van der Waals surface area contributed by atoms with Crippen molar-refractivity contribution in [2.24, 2.45) is 23.2 Å². The van der Waals surface area contributed by atoms with Gasteiger partial charge in [0.1, 0.15) is 11.5 Å². The minimum absolute atomic E-state index is 0.0613. The van der Waals surface area contributed by atoms with E-state index >= 15 is 0 Å². The summed E-state index contributed by atoms with van der Waals surface area (Å²) in [6, 6.07) is 13.5. The zero-order valence-corrected chi connectivity index (χ0v) is 17.9. The summed E-state index contributed by atoms with van der Waals surface area (Å²) in [5.41, 5.74) is 2.32. The highest BCUT2D eigenvalue weighted by molar-refractivity contribution is 6.24. The molecule has 4 nitrogen and oxygen atoms in total. The Bertz CT molecular complexity index is 1070. The predicted octanol–water partition coefficient (Wildman–Crippen LogP) is 5.61. The average Bonchev–Trinajstić information content (AvgIpc) is 3.34. The number of nitrogens with zero attached hydrogens (tertiary/aromatic N) is 1. The minimum Gasteiger partial charge on any atom is -0.457 e. The van der Waals surface area contributed by atoms with Crippen LogP contribution in [-0.2, 0) is 9.59 Å². The first kappa shape index (κ1) is 19.1. The van der Waals surface area contributed by atoms with E-state index in [2.05, 4.69) is 38.1 Å². The van der Waals surface area contributed by atoms with Crippen LogP contribution in [0.4, 0.5) is 5.69 Å². The van der Waals surface area contributed by atoms with Crippen LogP contribution in [0.2, 0.25) is 0 Å². The molecule has 5 rings (SSSR count). The van der Waals surface area contributed by atoms with Crippen molar-refractivity contribution in [2.45, 2.75) is 40.0 Å². The molecule has 2 amide bonds. The number of anilines is 1. The minimum atomic E-state index is -0.598. The monoisotopic (exact) mass is 401 g/mol. The van der Waals surface area contributed by atoms with Gasteiger partial charge in [0, 0.05) is 0 Å². The summed E-state index contributed by atoms with van der Waals surface area (Å²) in [4.78, 5) is 27.8. The van der Waals surface area contributed by atoms with Crippen LogP contribution in [0.3, 0.4) is 0 Å². The Kier molecular flexibility index (Phi) is 4.18. The second-order valence-electron chi connectivity index (χ2n) is 9.42. The van der Waals surface area contributed by atoms with Gasteiger partial charge in [0.25, 0.3) is 0 Å². The number of ether oxygens (including phenoxy) is 1. The van der Waals surface area contributed by atoms with Crippen molar-refractivity contribution in [2.75, 3.05) is 4.90 Å². The SMILES string of the molecule is Cc1ccc(C(C)C)c(Oc2ccc(N3C(=O)[C@H]4[C@H]5C=C[C@@H](C5)[C@@]4(C)C3=O)cc2)c1. The molecule has 2 aliphatic carbocycles. The van der Waals surface area contributed by atoms with E-state index in [4.69, 9.17) is 4.74 Å². The first-order valence-corrected chi connectivity index (χ1v) is 10.8. The Hall–Kier alpha value is -2.88. The quantitative estimate of drug-likeness (QED) is 0.494. The third kappa shape index (κ3) is 2.59. The van der Waals surface area contributed by atoms with Gasteiger partial charge in [-0.3, -0.25) is 9.59 Å². The Labute approximate surface area is 177 Å². The number of fused-ring (bicyclic) bond motifs is 5. The van der Waals surface area contributed by atoms with Gasteiger partial charge in [-0.15, -0.1) is 0 Å². The molecule has 2 aromatic rings. The smallest absolute Gasteiger partial charge is 0.241 e. The Morgan fingerprint density at radius 1 is 1.07 bits per heavy atom. The van der Waals surface area contributed by atoms with Crippen LogP contribution in [0.25, 0.3) is 0 Å². The summed E-state index contributed by atoms with van der Waals surface area (Å²) in [5.74, 6) is 1.90. The van der Waals surface area contributed by atoms with E-state index in [0.29, 0.717) is 17.4 Å². The van der Waals surface area contributed by atoms with Crippen molar-refractivity contribution in [3.63, 3.8) is 0 Å². The Balaban J connectivity index is 1.41.